The van der Waals surface area contributed by atoms with Crippen LogP contribution in [-0.2, 0) is 15.0 Å². The van der Waals surface area contributed by atoms with Gasteiger partial charge in [-0.3, -0.25) is 9.59 Å². The molecule has 0 saturated heterocycles. The maximum absolute atomic E-state index is 14.6. The Balaban J connectivity index is 1.87. The molecule has 37 heavy (non-hydrogen) atoms. The minimum Gasteiger partial charge on any atom is -0.508 e. The number of rotatable bonds is 6. The van der Waals surface area contributed by atoms with Crippen molar-refractivity contribution in [3.63, 3.8) is 0 Å². The lowest BCUT2D eigenvalue weighted by Crippen LogP contribution is -2.54. The lowest BCUT2D eigenvalue weighted by Gasteiger charge is -2.50. The Bertz CT molecular complexity index is 1410. The molecule has 0 unspecified atom stereocenters. The van der Waals surface area contributed by atoms with Crippen molar-refractivity contribution in [2.24, 2.45) is 5.92 Å². The first-order valence-electron chi connectivity index (χ1n) is 12.2. The lowest BCUT2D eigenvalue weighted by molar-refractivity contribution is -0.131. The normalized spacial score (nSPS) is 23.0. The van der Waals surface area contributed by atoms with Gasteiger partial charge in [-0.2, -0.15) is 0 Å². The number of carbonyl (C=O) groups is 2. The quantitative estimate of drug-likeness (QED) is 0.471. The number of ether oxygens (including phenoxy) is 2. The number of benzene rings is 3. The van der Waals surface area contributed by atoms with Crippen molar-refractivity contribution in [3.8, 4) is 17.2 Å². The minimum absolute atomic E-state index is 0.0278. The van der Waals surface area contributed by atoms with E-state index in [2.05, 4.69) is 6.58 Å². The SMILES string of the molecule is C=CC1=CC[C@H]2C(=O)C(c3ccccc3)=CC(=O)[C@@]2(c2ccccc2)[C@H]1c1c(OC)cc(O)cc1OC. The smallest absolute Gasteiger partial charge is 0.168 e. The molecule has 0 aromatic heterocycles. The average molecular weight is 493 g/mol. The van der Waals surface area contributed by atoms with Crippen LogP contribution in [0.25, 0.3) is 5.57 Å². The van der Waals surface area contributed by atoms with Crippen LogP contribution >= 0.6 is 0 Å². The molecule has 0 aliphatic heterocycles. The molecule has 2 aliphatic carbocycles. The summed E-state index contributed by atoms with van der Waals surface area (Å²) in [7, 11) is 3.01. The minimum atomic E-state index is -1.27. The van der Waals surface area contributed by atoms with Crippen LogP contribution < -0.4 is 9.47 Å². The lowest BCUT2D eigenvalue weighted by atomic mass is 9.49. The maximum atomic E-state index is 14.6. The van der Waals surface area contributed by atoms with E-state index in [0.29, 0.717) is 29.1 Å². The molecule has 0 bridgehead atoms. The van der Waals surface area contributed by atoms with Crippen molar-refractivity contribution >= 4 is 17.1 Å². The molecule has 0 amide bonds. The van der Waals surface area contributed by atoms with Gasteiger partial charge >= 0.3 is 0 Å². The van der Waals surface area contributed by atoms with E-state index in [-0.39, 0.29) is 17.3 Å². The van der Waals surface area contributed by atoms with E-state index in [0.717, 1.165) is 16.7 Å². The number of fused-ring (bicyclic) bond motifs is 1. The zero-order valence-corrected chi connectivity index (χ0v) is 20.8. The monoisotopic (exact) mass is 492 g/mol. The van der Waals surface area contributed by atoms with E-state index < -0.39 is 17.3 Å². The van der Waals surface area contributed by atoms with E-state index in [9.17, 15) is 14.7 Å². The Hall–Kier alpha value is -4.38. The van der Waals surface area contributed by atoms with E-state index in [1.807, 2.05) is 66.7 Å². The second kappa shape index (κ2) is 9.58. The second-order valence-corrected chi connectivity index (χ2v) is 9.28. The predicted molar refractivity (Wildman–Crippen MR) is 143 cm³/mol. The number of hydrogen-bond donors (Lipinski definition) is 1. The zero-order valence-electron chi connectivity index (χ0n) is 20.8. The largest absolute Gasteiger partial charge is 0.508 e. The van der Waals surface area contributed by atoms with Crippen molar-refractivity contribution in [1.82, 2.24) is 0 Å². The van der Waals surface area contributed by atoms with Crippen LogP contribution in [0.5, 0.6) is 17.2 Å². The van der Waals surface area contributed by atoms with Crippen molar-refractivity contribution in [3.05, 3.63) is 120 Å². The number of phenols is 1. The van der Waals surface area contributed by atoms with Gasteiger partial charge in [0.1, 0.15) is 17.2 Å². The highest BCUT2D eigenvalue weighted by Gasteiger charge is 2.60. The molecule has 3 aromatic rings. The van der Waals surface area contributed by atoms with Crippen LogP contribution in [0.2, 0.25) is 0 Å². The molecule has 5 rings (SSSR count). The maximum Gasteiger partial charge on any atom is 0.168 e. The Morgan fingerprint density at radius 3 is 2.11 bits per heavy atom. The summed E-state index contributed by atoms with van der Waals surface area (Å²) in [6, 6.07) is 21.8. The van der Waals surface area contributed by atoms with E-state index in [1.165, 1.54) is 32.4 Å². The third-order valence-electron chi connectivity index (χ3n) is 7.58. The number of phenolic OH excluding ortho intramolecular Hbond substituents is 1. The highest BCUT2D eigenvalue weighted by atomic mass is 16.5. The molecule has 186 valence electrons. The van der Waals surface area contributed by atoms with Gasteiger partial charge in [0.05, 0.1) is 19.6 Å². The van der Waals surface area contributed by atoms with Gasteiger partial charge < -0.3 is 14.6 Å². The van der Waals surface area contributed by atoms with E-state index in [4.69, 9.17) is 9.47 Å². The van der Waals surface area contributed by atoms with Crippen molar-refractivity contribution in [2.45, 2.75) is 17.8 Å². The topological polar surface area (TPSA) is 72.8 Å². The molecule has 3 atom stereocenters. The molecular formula is C32H28O5. The highest BCUT2D eigenvalue weighted by Crippen LogP contribution is 2.60. The molecule has 2 aliphatic rings. The molecule has 5 heteroatoms. The van der Waals surface area contributed by atoms with E-state index in [1.54, 1.807) is 6.08 Å². The molecule has 3 aromatic carbocycles. The van der Waals surface area contributed by atoms with Gasteiger partial charge in [-0.1, -0.05) is 79.4 Å². The molecule has 0 spiro atoms. The first kappa shape index (κ1) is 24.3. The molecule has 5 nitrogen and oxygen atoms in total. The first-order valence-corrected chi connectivity index (χ1v) is 12.2. The summed E-state index contributed by atoms with van der Waals surface area (Å²) in [5.74, 6) is -0.874. The summed E-state index contributed by atoms with van der Waals surface area (Å²) in [6.45, 7) is 4.05. The summed E-state index contributed by atoms with van der Waals surface area (Å²) in [5.41, 5.74) is 1.97. The van der Waals surface area contributed by atoms with Gasteiger partial charge in [0.2, 0.25) is 0 Å². The second-order valence-electron chi connectivity index (χ2n) is 9.28. The number of methoxy groups -OCH3 is 2. The number of hydrogen-bond acceptors (Lipinski definition) is 5. The van der Waals surface area contributed by atoms with Crippen molar-refractivity contribution in [1.29, 1.82) is 0 Å². The average Bonchev–Trinajstić information content (AvgIpc) is 2.94. The van der Waals surface area contributed by atoms with Gasteiger partial charge in [0.15, 0.2) is 11.6 Å². The van der Waals surface area contributed by atoms with Crippen LogP contribution in [0.15, 0.2) is 103 Å². The van der Waals surface area contributed by atoms with Gasteiger partial charge in [-0.05, 0) is 29.2 Å². The third kappa shape index (κ3) is 3.70. The number of carbonyl (C=O) groups excluding carboxylic acids is 2. The van der Waals surface area contributed by atoms with Crippen LogP contribution in [0.3, 0.4) is 0 Å². The van der Waals surface area contributed by atoms with Crippen LogP contribution in [0, 0.1) is 5.92 Å². The van der Waals surface area contributed by atoms with Crippen molar-refractivity contribution < 1.29 is 24.2 Å². The Labute approximate surface area is 216 Å². The molecule has 0 saturated carbocycles. The molecular weight excluding hydrogens is 464 g/mol. The number of allylic oxidation sites excluding steroid dienone is 5. The van der Waals surface area contributed by atoms with Gasteiger partial charge in [-0.15, -0.1) is 0 Å². The number of Topliss-reactive ketones (excluding diaryl/α,β-unsaturated/α-hetero) is 1. The third-order valence-corrected chi connectivity index (χ3v) is 7.58. The van der Waals surface area contributed by atoms with Crippen LogP contribution in [-0.4, -0.2) is 30.9 Å². The fraction of sp³-hybridized carbons (Fsp3) is 0.188. The van der Waals surface area contributed by atoms with Gasteiger partial charge in [0.25, 0.3) is 0 Å². The molecule has 0 radical (unpaired) electrons. The first-order chi connectivity index (χ1) is 18.0. The zero-order chi connectivity index (χ0) is 26.2. The predicted octanol–water partition coefficient (Wildman–Crippen LogP) is 5.80. The summed E-state index contributed by atoms with van der Waals surface area (Å²) >= 11 is 0. The Morgan fingerprint density at radius 1 is 0.946 bits per heavy atom. The van der Waals surface area contributed by atoms with Gasteiger partial charge in [0, 0.05) is 35.1 Å². The Morgan fingerprint density at radius 2 is 1.54 bits per heavy atom. The summed E-state index contributed by atoms with van der Waals surface area (Å²) in [4.78, 5) is 28.8. The highest BCUT2D eigenvalue weighted by molar-refractivity contribution is 6.31. The van der Waals surface area contributed by atoms with Crippen LogP contribution in [0.1, 0.15) is 29.0 Å². The molecule has 1 N–H and O–H groups in total. The molecule has 0 fully saturated rings. The van der Waals surface area contributed by atoms with Crippen molar-refractivity contribution in [2.75, 3.05) is 14.2 Å². The number of ketones is 2. The standard InChI is InChI=1S/C32H28O5/c1-4-20-15-16-25-31(35)24(21-11-7-5-8-12-21)19-28(34)32(25,22-13-9-6-10-14-22)30(20)29-26(36-2)17-23(33)18-27(29)37-3/h4-15,17-19,25,30,33H,1,16H2,2-3H3/t25-,30+,32-/m0/s1. The van der Waals surface area contributed by atoms with Crippen LogP contribution in [0.4, 0.5) is 0 Å². The summed E-state index contributed by atoms with van der Waals surface area (Å²) in [5, 5.41) is 10.3. The summed E-state index contributed by atoms with van der Waals surface area (Å²) < 4.78 is 11.4. The fourth-order valence-electron chi connectivity index (χ4n) is 6.03. The fourth-order valence-corrected chi connectivity index (χ4v) is 6.03. The number of aromatic hydroxyl groups is 1. The molecule has 0 heterocycles. The van der Waals surface area contributed by atoms with Gasteiger partial charge in [-0.25, -0.2) is 0 Å². The Kier molecular flexibility index (Phi) is 6.30. The van der Waals surface area contributed by atoms with E-state index >= 15 is 0 Å². The summed E-state index contributed by atoms with van der Waals surface area (Å²) in [6.07, 6.45) is 5.59.